The predicted molar refractivity (Wildman–Crippen MR) is 60.7 cm³/mol. The first kappa shape index (κ1) is 10.8. The Kier molecular flexibility index (Phi) is 4.20. The first-order chi connectivity index (χ1) is 6.77. The zero-order valence-electron chi connectivity index (χ0n) is 9.00. The first-order valence-corrected chi connectivity index (χ1v) is 4.73. The maximum absolute atomic E-state index is 5.17. The molecule has 0 fully saturated rings. The number of ether oxygens (including phenoxy) is 1. The Balaban J connectivity index is 2.83. The zero-order valence-corrected chi connectivity index (χ0v) is 9.00. The van der Waals surface area contributed by atoms with E-state index in [-0.39, 0.29) is 0 Å². The Bertz CT molecular complexity index is 318. The molecule has 0 bridgehead atoms. The fraction of sp³-hybridized carbons (Fsp3) is 0.333. The number of hydrogen-bond acceptors (Lipinski definition) is 2. The normalized spacial score (nSPS) is 10.8. The highest BCUT2D eigenvalue weighted by Gasteiger charge is 1.96. The molecule has 0 spiro atoms. The van der Waals surface area contributed by atoms with Crippen molar-refractivity contribution in [1.29, 1.82) is 0 Å². The van der Waals surface area contributed by atoms with Gasteiger partial charge in [-0.05, 0) is 37.2 Å². The second-order valence-corrected chi connectivity index (χ2v) is 3.18. The van der Waals surface area contributed by atoms with Crippen molar-refractivity contribution in [3.8, 4) is 5.75 Å². The van der Waals surface area contributed by atoms with Gasteiger partial charge in [0.05, 0.1) is 7.11 Å². The van der Waals surface area contributed by atoms with Crippen molar-refractivity contribution < 1.29 is 4.74 Å². The van der Waals surface area contributed by atoms with Crippen molar-refractivity contribution in [3.63, 3.8) is 0 Å². The van der Waals surface area contributed by atoms with Crippen LogP contribution in [0, 0.1) is 6.92 Å². The van der Waals surface area contributed by atoms with E-state index in [0.29, 0.717) is 0 Å². The van der Waals surface area contributed by atoms with Gasteiger partial charge in [0, 0.05) is 6.54 Å². The fourth-order valence-corrected chi connectivity index (χ4v) is 1.23. The van der Waals surface area contributed by atoms with Gasteiger partial charge >= 0.3 is 0 Å². The van der Waals surface area contributed by atoms with Gasteiger partial charge in [0.1, 0.15) is 5.75 Å². The summed E-state index contributed by atoms with van der Waals surface area (Å²) in [6.07, 6.45) is 4.20. The molecule has 2 heteroatoms. The third-order valence-electron chi connectivity index (χ3n) is 2.11. The van der Waals surface area contributed by atoms with Crippen LogP contribution < -0.4 is 10.1 Å². The quantitative estimate of drug-likeness (QED) is 0.788. The summed E-state index contributed by atoms with van der Waals surface area (Å²) in [5, 5.41) is 3.07. The van der Waals surface area contributed by atoms with Crippen LogP contribution in [0.2, 0.25) is 0 Å². The Morgan fingerprint density at radius 2 is 2.21 bits per heavy atom. The Morgan fingerprint density at radius 3 is 2.86 bits per heavy atom. The molecule has 0 saturated heterocycles. The van der Waals surface area contributed by atoms with Crippen molar-refractivity contribution in [2.24, 2.45) is 0 Å². The summed E-state index contributed by atoms with van der Waals surface area (Å²) in [5.74, 6) is 0.903. The van der Waals surface area contributed by atoms with Gasteiger partial charge in [-0.3, -0.25) is 0 Å². The maximum atomic E-state index is 5.17. The van der Waals surface area contributed by atoms with Gasteiger partial charge < -0.3 is 10.1 Å². The third kappa shape index (κ3) is 2.89. The largest absolute Gasteiger partial charge is 0.497 e. The van der Waals surface area contributed by atoms with Gasteiger partial charge in [-0.25, -0.2) is 0 Å². The Labute approximate surface area is 85.6 Å². The lowest BCUT2D eigenvalue weighted by Crippen LogP contribution is -2.03. The predicted octanol–water partition coefficient (Wildman–Crippen LogP) is 2.24. The van der Waals surface area contributed by atoms with Gasteiger partial charge in [0.2, 0.25) is 0 Å². The van der Waals surface area contributed by atoms with E-state index in [4.69, 9.17) is 4.74 Å². The van der Waals surface area contributed by atoms with Crippen molar-refractivity contribution in [2.75, 3.05) is 20.7 Å². The highest BCUT2D eigenvalue weighted by atomic mass is 16.5. The first-order valence-electron chi connectivity index (χ1n) is 4.73. The number of methoxy groups -OCH3 is 1. The molecule has 2 nitrogen and oxygen atoms in total. The van der Waals surface area contributed by atoms with E-state index in [0.717, 1.165) is 12.3 Å². The topological polar surface area (TPSA) is 21.3 Å². The van der Waals surface area contributed by atoms with E-state index in [1.807, 2.05) is 19.2 Å². The van der Waals surface area contributed by atoms with Crippen LogP contribution >= 0.6 is 0 Å². The molecule has 1 aromatic rings. The summed E-state index contributed by atoms with van der Waals surface area (Å²) in [6, 6.07) is 6.09. The number of likely N-dealkylation sites (N-methyl/N-ethyl adjacent to an activating group) is 1. The van der Waals surface area contributed by atoms with Crippen LogP contribution in [0.5, 0.6) is 5.75 Å². The second kappa shape index (κ2) is 5.45. The average Bonchev–Trinajstić information content (AvgIpc) is 2.21. The lowest BCUT2D eigenvalue weighted by atomic mass is 10.1. The summed E-state index contributed by atoms with van der Waals surface area (Å²) in [7, 11) is 3.62. The minimum Gasteiger partial charge on any atom is -0.497 e. The monoisotopic (exact) mass is 191 g/mol. The minimum atomic E-state index is 0.886. The smallest absolute Gasteiger partial charge is 0.119 e. The highest BCUT2D eigenvalue weighted by Crippen LogP contribution is 2.17. The van der Waals surface area contributed by atoms with Gasteiger partial charge in [0.15, 0.2) is 0 Å². The zero-order chi connectivity index (χ0) is 10.4. The molecule has 0 aliphatic carbocycles. The molecule has 14 heavy (non-hydrogen) atoms. The molecular formula is C12H17NO. The third-order valence-corrected chi connectivity index (χ3v) is 2.11. The van der Waals surface area contributed by atoms with Crippen LogP contribution in [0.1, 0.15) is 11.1 Å². The number of nitrogens with one attached hydrogen (secondary N) is 1. The molecule has 0 unspecified atom stereocenters. The highest BCUT2D eigenvalue weighted by molar-refractivity contribution is 5.56. The van der Waals surface area contributed by atoms with E-state index < -0.39 is 0 Å². The van der Waals surface area contributed by atoms with E-state index in [1.165, 1.54) is 11.1 Å². The van der Waals surface area contributed by atoms with Crippen molar-refractivity contribution in [2.45, 2.75) is 6.92 Å². The minimum absolute atomic E-state index is 0.886. The summed E-state index contributed by atoms with van der Waals surface area (Å²) in [5.41, 5.74) is 2.47. The number of hydrogen-bond donors (Lipinski definition) is 1. The van der Waals surface area contributed by atoms with Gasteiger partial charge in [-0.15, -0.1) is 0 Å². The lowest BCUT2D eigenvalue weighted by Gasteiger charge is -2.04. The molecule has 1 N–H and O–H groups in total. The molecule has 0 aliphatic rings. The van der Waals surface area contributed by atoms with Crippen molar-refractivity contribution in [3.05, 3.63) is 35.4 Å². The molecule has 0 radical (unpaired) electrons. The van der Waals surface area contributed by atoms with E-state index >= 15 is 0 Å². The molecule has 1 rings (SSSR count). The summed E-state index contributed by atoms with van der Waals surface area (Å²) in [6.45, 7) is 2.98. The lowest BCUT2D eigenvalue weighted by molar-refractivity contribution is 0.414. The molecule has 0 aliphatic heterocycles. The summed E-state index contributed by atoms with van der Waals surface area (Å²) in [4.78, 5) is 0. The SMILES string of the molecule is CNC/C=C\c1cc(OC)ccc1C. The summed E-state index contributed by atoms with van der Waals surface area (Å²) < 4.78 is 5.17. The van der Waals surface area contributed by atoms with Gasteiger partial charge in [-0.2, -0.15) is 0 Å². The van der Waals surface area contributed by atoms with Crippen LogP contribution in [0.25, 0.3) is 6.08 Å². The summed E-state index contributed by atoms with van der Waals surface area (Å²) >= 11 is 0. The standard InChI is InChI=1S/C12H17NO/c1-10-6-7-12(14-3)9-11(10)5-4-8-13-2/h4-7,9,13H,8H2,1-3H3/b5-4-. The Hall–Kier alpha value is -1.28. The molecule has 76 valence electrons. The molecule has 0 atom stereocenters. The van der Waals surface area contributed by atoms with Crippen LogP contribution in [-0.2, 0) is 0 Å². The van der Waals surface area contributed by atoms with E-state index in [9.17, 15) is 0 Å². The number of rotatable bonds is 4. The number of benzene rings is 1. The molecule has 1 aromatic carbocycles. The van der Waals surface area contributed by atoms with Crippen molar-refractivity contribution in [1.82, 2.24) is 5.32 Å². The van der Waals surface area contributed by atoms with Crippen LogP contribution in [0.4, 0.5) is 0 Å². The van der Waals surface area contributed by atoms with Crippen molar-refractivity contribution >= 4 is 6.08 Å². The second-order valence-electron chi connectivity index (χ2n) is 3.18. The maximum Gasteiger partial charge on any atom is 0.119 e. The van der Waals surface area contributed by atoms with Crippen LogP contribution in [-0.4, -0.2) is 20.7 Å². The van der Waals surface area contributed by atoms with Gasteiger partial charge in [-0.1, -0.05) is 18.2 Å². The molecule has 0 amide bonds. The molecule has 0 heterocycles. The van der Waals surface area contributed by atoms with Crippen LogP contribution in [0.3, 0.4) is 0 Å². The Morgan fingerprint density at radius 1 is 1.43 bits per heavy atom. The molecular weight excluding hydrogens is 174 g/mol. The fourth-order valence-electron chi connectivity index (χ4n) is 1.23. The number of aryl methyl sites for hydroxylation is 1. The average molecular weight is 191 g/mol. The molecule has 0 aromatic heterocycles. The van der Waals surface area contributed by atoms with E-state index in [1.54, 1.807) is 7.11 Å². The van der Waals surface area contributed by atoms with Gasteiger partial charge in [0.25, 0.3) is 0 Å². The molecule has 0 saturated carbocycles. The van der Waals surface area contributed by atoms with Crippen LogP contribution in [0.15, 0.2) is 24.3 Å². The van der Waals surface area contributed by atoms with E-state index in [2.05, 4.69) is 30.5 Å².